The molecule has 1 aromatic heterocycles. The molecule has 2 aromatic rings. The summed E-state index contributed by atoms with van der Waals surface area (Å²) in [5.41, 5.74) is 2.50. The molecule has 0 spiro atoms. The van der Waals surface area contributed by atoms with Gasteiger partial charge >= 0.3 is 5.69 Å². The molecule has 0 bridgehead atoms. The van der Waals surface area contributed by atoms with E-state index in [4.69, 9.17) is 0 Å². The van der Waals surface area contributed by atoms with E-state index in [1.54, 1.807) is 6.92 Å². The number of fused-ring (bicyclic) bond motifs is 1. The Bertz CT molecular complexity index is 583. The van der Waals surface area contributed by atoms with Gasteiger partial charge in [-0.3, -0.25) is 4.79 Å². The number of aromatic nitrogens is 2. The molecule has 1 aromatic carbocycles. The Morgan fingerprint density at radius 2 is 2.06 bits per heavy atom. The number of Topliss-reactive ketones (excluding diaryl/α,β-unsaturated/α-hetero) is 1. The third-order valence-corrected chi connectivity index (χ3v) is 2.56. The first kappa shape index (κ1) is 11.6. The first-order chi connectivity index (χ1) is 8.15. The number of H-pyrrole nitrogens is 2. The predicted molar refractivity (Wildman–Crippen MR) is 65.9 cm³/mol. The monoisotopic (exact) mass is 233 g/mol. The molecule has 0 atom stereocenters. The van der Waals surface area contributed by atoms with Crippen LogP contribution in [0.1, 0.15) is 18.9 Å². The standard InChI is InChI=1S/C12H15N3O2/c1-8(16)4-5-13-7-9-2-3-10-11(6-9)15-12(17)14-10/h2-3,6,13H,4-5,7H2,1H3,(H2,14,15,17). The summed E-state index contributed by atoms with van der Waals surface area (Å²) < 4.78 is 0. The van der Waals surface area contributed by atoms with Gasteiger partial charge in [0, 0.05) is 19.5 Å². The summed E-state index contributed by atoms with van der Waals surface area (Å²) in [6.45, 7) is 2.95. The van der Waals surface area contributed by atoms with Crippen LogP contribution in [0.2, 0.25) is 0 Å². The normalized spacial score (nSPS) is 10.9. The highest BCUT2D eigenvalue weighted by atomic mass is 16.1. The van der Waals surface area contributed by atoms with Crippen molar-refractivity contribution < 1.29 is 4.79 Å². The van der Waals surface area contributed by atoms with Crippen LogP contribution in [-0.4, -0.2) is 22.3 Å². The number of ketones is 1. The molecule has 5 nitrogen and oxygen atoms in total. The molecule has 17 heavy (non-hydrogen) atoms. The van der Waals surface area contributed by atoms with E-state index in [-0.39, 0.29) is 11.5 Å². The molecule has 0 aliphatic heterocycles. The summed E-state index contributed by atoms with van der Waals surface area (Å²) in [7, 11) is 0. The fraction of sp³-hybridized carbons (Fsp3) is 0.333. The zero-order valence-corrected chi connectivity index (χ0v) is 9.67. The van der Waals surface area contributed by atoms with Gasteiger partial charge in [-0.15, -0.1) is 0 Å². The molecule has 0 radical (unpaired) electrons. The molecule has 5 heteroatoms. The average molecular weight is 233 g/mol. The van der Waals surface area contributed by atoms with E-state index < -0.39 is 0 Å². The first-order valence-corrected chi connectivity index (χ1v) is 5.56. The fourth-order valence-corrected chi connectivity index (χ4v) is 1.69. The van der Waals surface area contributed by atoms with Gasteiger partial charge in [0.05, 0.1) is 11.0 Å². The summed E-state index contributed by atoms with van der Waals surface area (Å²) in [5.74, 6) is 0.183. The van der Waals surface area contributed by atoms with Crippen LogP contribution in [0.25, 0.3) is 11.0 Å². The first-order valence-electron chi connectivity index (χ1n) is 5.56. The van der Waals surface area contributed by atoms with E-state index in [0.29, 0.717) is 19.5 Å². The maximum absolute atomic E-state index is 11.1. The molecular weight excluding hydrogens is 218 g/mol. The lowest BCUT2D eigenvalue weighted by atomic mass is 10.2. The van der Waals surface area contributed by atoms with Crippen molar-refractivity contribution in [3.05, 3.63) is 34.2 Å². The molecule has 0 unspecified atom stereocenters. The van der Waals surface area contributed by atoms with E-state index >= 15 is 0 Å². The maximum Gasteiger partial charge on any atom is 0.323 e. The van der Waals surface area contributed by atoms with E-state index in [0.717, 1.165) is 16.6 Å². The Kier molecular flexibility index (Phi) is 3.39. The van der Waals surface area contributed by atoms with E-state index in [1.807, 2.05) is 18.2 Å². The van der Waals surface area contributed by atoms with E-state index in [1.165, 1.54) is 0 Å². The van der Waals surface area contributed by atoms with Crippen LogP contribution in [0, 0.1) is 0 Å². The third kappa shape index (κ3) is 3.04. The zero-order valence-electron chi connectivity index (χ0n) is 9.67. The topological polar surface area (TPSA) is 77.8 Å². The Balaban J connectivity index is 1.99. The van der Waals surface area contributed by atoms with Crippen molar-refractivity contribution in [2.24, 2.45) is 0 Å². The molecule has 0 aliphatic rings. The lowest BCUT2D eigenvalue weighted by molar-refractivity contribution is -0.116. The number of hydrogen-bond donors (Lipinski definition) is 3. The highest BCUT2D eigenvalue weighted by molar-refractivity contribution is 5.75. The third-order valence-electron chi connectivity index (χ3n) is 2.56. The van der Waals surface area contributed by atoms with Gasteiger partial charge in [0.2, 0.25) is 0 Å². The van der Waals surface area contributed by atoms with Gasteiger partial charge in [0.25, 0.3) is 0 Å². The largest absolute Gasteiger partial charge is 0.323 e. The van der Waals surface area contributed by atoms with E-state index in [9.17, 15) is 9.59 Å². The molecule has 0 saturated carbocycles. The van der Waals surface area contributed by atoms with Crippen LogP contribution < -0.4 is 11.0 Å². The van der Waals surface area contributed by atoms with Gasteiger partial charge in [-0.25, -0.2) is 4.79 Å². The number of hydrogen-bond acceptors (Lipinski definition) is 3. The van der Waals surface area contributed by atoms with Crippen LogP contribution in [0.15, 0.2) is 23.0 Å². The average Bonchev–Trinajstić information content (AvgIpc) is 2.63. The summed E-state index contributed by atoms with van der Waals surface area (Å²) in [4.78, 5) is 27.2. The summed E-state index contributed by atoms with van der Waals surface area (Å²) in [6, 6.07) is 5.75. The van der Waals surface area contributed by atoms with Gasteiger partial charge in [-0.05, 0) is 24.6 Å². The number of benzene rings is 1. The molecule has 3 N–H and O–H groups in total. The minimum absolute atomic E-state index is 0.183. The minimum atomic E-state index is -0.193. The SMILES string of the molecule is CC(=O)CCNCc1ccc2[nH]c(=O)[nH]c2c1. The number of carbonyl (C=O) groups is 1. The zero-order chi connectivity index (χ0) is 12.3. The highest BCUT2D eigenvalue weighted by Crippen LogP contribution is 2.09. The van der Waals surface area contributed by atoms with Crippen molar-refractivity contribution in [1.29, 1.82) is 0 Å². The van der Waals surface area contributed by atoms with Crippen LogP contribution >= 0.6 is 0 Å². The predicted octanol–water partition coefficient (Wildman–Crippen LogP) is 0.925. The smallest absolute Gasteiger partial charge is 0.312 e. The number of rotatable bonds is 5. The van der Waals surface area contributed by atoms with Crippen LogP contribution in [-0.2, 0) is 11.3 Å². The van der Waals surface area contributed by atoms with Crippen LogP contribution in [0.5, 0.6) is 0 Å². The van der Waals surface area contributed by atoms with Crippen molar-refractivity contribution in [1.82, 2.24) is 15.3 Å². The lowest BCUT2D eigenvalue weighted by Gasteiger charge is -2.03. The number of aromatic amines is 2. The van der Waals surface area contributed by atoms with Crippen molar-refractivity contribution in [3.63, 3.8) is 0 Å². The molecule has 0 amide bonds. The van der Waals surface area contributed by atoms with Crippen molar-refractivity contribution in [2.45, 2.75) is 19.9 Å². The molecular formula is C12H15N3O2. The second-order valence-electron chi connectivity index (χ2n) is 4.09. The molecule has 0 aliphatic carbocycles. The Morgan fingerprint density at radius 3 is 2.82 bits per heavy atom. The second-order valence-corrected chi connectivity index (χ2v) is 4.09. The maximum atomic E-state index is 11.1. The number of imidazole rings is 1. The van der Waals surface area contributed by atoms with Gasteiger partial charge < -0.3 is 15.3 Å². The van der Waals surface area contributed by atoms with Crippen LogP contribution in [0.4, 0.5) is 0 Å². The molecule has 0 saturated heterocycles. The fourth-order valence-electron chi connectivity index (χ4n) is 1.69. The Labute approximate surface area is 98.2 Å². The van der Waals surface area contributed by atoms with Crippen molar-refractivity contribution in [2.75, 3.05) is 6.54 Å². The van der Waals surface area contributed by atoms with Crippen LogP contribution in [0.3, 0.4) is 0 Å². The molecule has 2 rings (SSSR count). The molecule has 0 fully saturated rings. The van der Waals surface area contributed by atoms with E-state index in [2.05, 4.69) is 15.3 Å². The lowest BCUT2D eigenvalue weighted by Crippen LogP contribution is -2.16. The molecule has 90 valence electrons. The Morgan fingerprint density at radius 1 is 1.29 bits per heavy atom. The van der Waals surface area contributed by atoms with Gasteiger partial charge in [0.1, 0.15) is 5.78 Å². The van der Waals surface area contributed by atoms with Crippen molar-refractivity contribution >= 4 is 16.8 Å². The second kappa shape index (κ2) is 4.97. The van der Waals surface area contributed by atoms with Gasteiger partial charge in [-0.2, -0.15) is 0 Å². The summed E-state index contributed by atoms with van der Waals surface area (Å²) >= 11 is 0. The van der Waals surface area contributed by atoms with Crippen molar-refractivity contribution in [3.8, 4) is 0 Å². The van der Waals surface area contributed by atoms with Gasteiger partial charge in [-0.1, -0.05) is 6.07 Å². The highest BCUT2D eigenvalue weighted by Gasteiger charge is 2.00. The molecule has 1 heterocycles. The summed E-state index contributed by atoms with van der Waals surface area (Å²) in [5, 5.41) is 3.18. The Hall–Kier alpha value is -1.88. The number of carbonyl (C=O) groups excluding carboxylic acids is 1. The number of nitrogens with one attached hydrogen (secondary N) is 3. The minimum Gasteiger partial charge on any atom is -0.312 e. The quantitative estimate of drug-likeness (QED) is 0.672. The summed E-state index contributed by atoms with van der Waals surface area (Å²) in [6.07, 6.45) is 0.545. The van der Waals surface area contributed by atoms with Gasteiger partial charge in [0.15, 0.2) is 0 Å².